The third-order valence-corrected chi connectivity index (χ3v) is 4.35. The SMILES string of the molecule is O=C([C@@H]1C[C@H]1c1ccc(F)c(F)c1)N1CCC[C@H]1CO. The van der Waals surface area contributed by atoms with E-state index in [0.717, 1.165) is 18.9 Å². The van der Waals surface area contributed by atoms with Crippen molar-refractivity contribution in [2.75, 3.05) is 13.2 Å². The number of hydrogen-bond acceptors (Lipinski definition) is 2. The molecule has 0 radical (unpaired) electrons. The Morgan fingerprint density at radius 2 is 2.15 bits per heavy atom. The molecule has 1 aromatic carbocycles. The fraction of sp³-hybridized carbons (Fsp3) is 0.533. The smallest absolute Gasteiger partial charge is 0.226 e. The van der Waals surface area contributed by atoms with Crippen LogP contribution in [0.5, 0.6) is 0 Å². The van der Waals surface area contributed by atoms with Crippen molar-refractivity contribution in [2.24, 2.45) is 5.92 Å². The molecule has 3 nitrogen and oxygen atoms in total. The maximum Gasteiger partial charge on any atom is 0.226 e. The fourth-order valence-corrected chi connectivity index (χ4v) is 3.11. The molecule has 1 aliphatic carbocycles. The monoisotopic (exact) mass is 281 g/mol. The fourth-order valence-electron chi connectivity index (χ4n) is 3.11. The lowest BCUT2D eigenvalue weighted by Crippen LogP contribution is -2.38. The van der Waals surface area contributed by atoms with Gasteiger partial charge in [-0.25, -0.2) is 8.78 Å². The molecule has 20 heavy (non-hydrogen) atoms. The molecule has 1 aliphatic heterocycles. The van der Waals surface area contributed by atoms with Gasteiger partial charge < -0.3 is 10.0 Å². The Labute approximate surface area is 116 Å². The highest BCUT2D eigenvalue weighted by atomic mass is 19.2. The highest BCUT2D eigenvalue weighted by Gasteiger charge is 2.47. The van der Waals surface area contributed by atoms with Crippen molar-refractivity contribution in [1.29, 1.82) is 0 Å². The number of carbonyl (C=O) groups excluding carboxylic acids is 1. The summed E-state index contributed by atoms with van der Waals surface area (Å²) < 4.78 is 26.1. The van der Waals surface area contributed by atoms with E-state index in [2.05, 4.69) is 0 Å². The second-order valence-electron chi connectivity index (χ2n) is 5.63. The van der Waals surface area contributed by atoms with Crippen LogP contribution in [-0.4, -0.2) is 35.1 Å². The quantitative estimate of drug-likeness (QED) is 0.921. The summed E-state index contributed by atoms with van der Waals surface area (Å²) in [6.45, 7) is 0.680. The van der Waals surface area contributed by atoms with E-state index in [9.17, 15) is 18.7 Å². The molecule has 5 heteroatoms. The van der Waals surface area contributed by atoms with Crippen molar-refractivity contribution < 1.29 is 18.7 Å². The number of benzene rings is 1. The van der Waals surface area contributed by atoms with E-state index in [1.807, 2.05) is 0 Å². The van der Waals surface area contributed by atoms with Crippen molar-refractivity contribution in [1.82, 2.24) is 4.90 Å². The minimum Gasteiger partial charge on any atom is -0.394 e. The molecule has 0 spiro atoms. The van der Waals surface area contributed by atoms with Crippen molar-refractivity contribution >= 4 is 5.91 Å². The van der Waals surface area contributed by atoms with Crippen LogP contribution in [0.3, 0.4) is 0 Å². The van der Waals surface area contributed by atoms with Gasteiger partial charge in [-0.05, 0) is 42.9 Å². The predicted octanol–water partition coefficient (Wildman–Crippen LogP) is 2.05. The number of rotatable bonds is 3. The van der Waals surface area contributed by atoms with E-state index in [-0.39, 0.29) is 30.4 Å². The Kier molecular flexibility index (Phi) is 3.46. The zero-order chi connectivity index (χ0) is 14.3. The molecule has 3 atom stereocenters. The Hall–Kier alpha value is -1.49. The van der Waals surface area contributed by atoms with Crippen molar-refractivity contribution in [3.63, 3.8) is 0 Å². The Bertz CT molecular complexity index is 535. The molecule has 1 heterocycles. The number of aliphatic hydroxyl groups is 1. The summed E-state index contributed by atoms with van der Waals surface area (Å²) in [6, 6.07) is 3.76. The summed E-state index contributed by atoms with van der Waals surface area (Å²) >= 11 is 0. The lowest BCUT2D eigenvalue weighted by Gasteiger charge is -2.23. The average molecular weight is 281 g/mol. The standard InChI is InChI=1S/C15H17F2NO2/c16-13-4-3-9(6-14(13)17)11-7-12(11)15(20)18-5-1-2-10(18)8-19/h3-4,6,10-12,19H,1-2,5,7-8H2/t10-,11-,12+/m0/s1. The van der Waals surface area contributed by atoms with E-state index >= 15 is 0 Å². The summed E-state index contributed by atoms with van der Waals surface area (Å²) in [7, 11) is 0. The van der Waals surface area contributed by atoms with Gasteiger partial charge in [0.05, 0.1) is 12.6 Å². The normalized spacial score (nSPS) is 28.8. The van der Waals surface area contributed by atoms with Gasteiger partial charge in [-0.3, -0.25) is 4.79 Å². The first-order valence-corrected chi connectivity index (χ1v) is 6.98. The number of amides is 1. The van der Waals surface area contributed by atoms with Crippen LogP contribution >= 0.6 is 0 Å². The number of likely N-dealkylation sites (tertiary alicyclic amines) is 1. The largest absolute Gasteiger partial charge is 0.394 e. The minimum absolute atomic E-state index is 0.00565. The first-order chi connectivity index (χ1) is 9.61. The topological polar surface area (TPSA) is 40.5 Å². The predicted molar refractivity (Wildman–Crippen MR) is 69.0 cm³/mol. The Morgan fingerprint density at radius 1 is 1.35 bits per heavy atom. The zero-order valence-corrected chi connectivity index (χ0v) is 11.1. The molecule has 3 rings (SSSR count). The molecule has 1 saturated carbocycles. The summed E-state index contributed by atoms with van der Waals surface area (Å²) in [5, 5.41) is 9.25. The van der Waals surface area contributed by atoms with Crippen molar-refractivity contribution in [3.05, 3.63) is 35.4 Å². The van der Waals surface area contributed by atoms with Gasteiger partial charge in [-0.1, -0.05) is 6.07 Å². The van der Waals surface area contributed by atoms with Gasteiger partial charge in [-0.2, -0.15) is 0 Å². The van der Waals surface area contributed by atoms with Crippen molar-refractivity contribution in [3.8, 4) is 0 Å². The van der Waals surface area contributed by atoms with E-state index < -0.39 is 11.6 Å². The molecule has 1 aromatic rings. The van der Waals surface area contributed by atoms with Crippen LogP contribution in [0.25, 0.3) is 0 Å². The van der Waals surface area contributed by atoms with Crippen LogP contribution in [0, 0.1) is 17.6 Å². The van der Waals surface area contributed by atoms with Crippen LogP contribution in [0.2, 0.25) is 0 Å². The maximum atomic E-state index is 13.2. The van der Waals surface area contributed by atoms with Gasteiger partial charge in [0.2, 0.25) is 5.91 Å². The Morgan fingerprint density at radius 3 is 2.85 bits per heavy atom. The van der Waals surface area contributed by atoms with Gasteiger partial charge in [0.15, 0.2) is 11.6 Å². The molecule has 2 aliphatic rings. The van der Waals surface area contributed by atoms with E-state index in [4.69, 9.17) is 0 Å². The first-order valence-electron chi connectivity index (χ1n) is 6.98. The molecule has 2 fully saturated rings. The van der Waals surface area contributed by atoms with E-state index in [0.29, 0.717) is 18.5 Å². The zero-order valence-electron chi connectivity index (χ0n) is 11.1. The van der Waals surface area contributed by atoms with Gasteiger partial charge in [-0.15, -0.1) is 0 Å². The molecular formula is C15H17F2NO2. The number of hydrogen-bond donors (Lipinski definition) is 1. The third kappa shape index (κ3) is 2.30. The number of carbonyl (C=O) groups is 1. The van der Waals surface area contributed by atoms with E-state index in [1.165, 1.54) is 6.07 Å². The lowest BCUT2D eigenvalue weighted by atomic mass is 10.1. The Balaban J connectivity index is 1.69. The van der Waals surface area contributed by atoms with E-state index in [1.54, 1.807) is 11.0 Å². The van der Waals surface area contributed by atoms with Crippen molar-refractivity contribution in [2.45, 2.75) is 31.2 Å². The number of aliphatic hydroxyl groups excluding tert-OH is 1. The summed E-state index contributed by atoms with van der Waals surface area (Å²) in [5.74, 6) is -1.85. The highest BCUT2D eigenvalue weighted by Crippen LogP contribution is 2.49. The highest BCUT2D eigenvalue weighted by molar-refractivity contribution is 5.83. The average Bonchev–Trinajstić information content (AvgIpc) is 3.10. The maximum absolute atomic E-state index is 13.2. The minimum atomic E-state index is -0.866. The second-order valence-corrected chi connectivity index (χ2v) is 5.63. The van der Waals surface area contributed by atoms with Gasteiger partial charge in [0.1, 0.15) is 0 Å². The second kappa shape index (κ2) is 5.13. The molecule has 0 bridgehead atoms. The molecule has 1 saturated heterocycles. The number of halogens is 2. The van der Waals surface area contributed by atoms with Crippen LogP contribution in [-0.2, 0) is 4.79 Å². The molecule has 108 valence electrons. The van der Waals surface area contributed by atoms with Crippen LogP contribution in [0.15, 0.2) is 18.2 Å². The molecule has 0 unspecified atom stereocenters. The number of nitrogens with zero attached hydrogens (tertiary/aromatic N) is 1. The third-order valence-electron chi connectivity index (χ3n) is 4.35. The molecule has 0 aromatic heterocycles. The summed E-state index contributed by atoms with van der Waals surface area (Å²) in [4.78, 5) is 14.1. The van der Waals surface area contributed by atoms with Gasteiger partial charge >= 0.3 is 0 Å². The van der Waals surface area contributed by atoms with Crippen LogP contribution < -0.4 is 0 Å². The van der Waals surface area contributed by atoms with Gasteiger partial charge in [0, 0.05) is 12.5 Å². The van der Waals surface area contributed by atoms with Gasteiger partial charge in [0.25, 0.3) is 0 Å². The van der Waals surface area contributed by atoms with Crippen LogP contribution in [0.1, 0.15) is 30.7 Å². The summed E-state index contributed by atoms with van der Waals surface area (Å²) in [6.07, 6.45) is 2.43. The first kappa shape index (κ1) is 13.5. The molecular weight excluding hydrogens is 264 g/mol. The summed E-state index contributed by atoms with van der Waals surface area (Å²) in [5.41, 5.74) is 0.682. The van der Waals surface area contributed by atoms with Crippen LogP contribution in [0.4, 0.5) is 8.78 Å². The molecule has 1 amide bonds. The molecule has 1 N–H and O–H groups in total. The lowest BCUT2D eigenvalue weighted by molar-refractivity contribution is -0.134.